The Hall–Kier alpha value is -1.13. The van der Waals surface area contributed by atoms with Crippen molar-refractivity contribution in [1.29, 1.82) is 0 Å². The van der Waals surface area contributed by atoms with Crippen LogP contribution >= 0.6 is 11.3 Å². The lowest BCUT2D eigenvalue weighted by Crippen LogP contribution is -2.25. The van der Waals surface area contributed by atoms with Crippen molar-refractivity contribution in [3.63, 3.8) is 0 Å². The minimum atomic E-state index is 0.524. The summed E-state index contributed by atoms with van der Waals surface area (Å²) in [5.41, 5.74) is 3.93. The van der Waals surface area contributed by atoms with Gasteiger partial charge in [-0.15, -0.1) is 11.3 Å². The summed E-state index contributed by atoms with van der Waals surface area (Å²) < 4.78 is 2.10. The third-order valence-corrected chi connectivity index (χ3v) is 4.86. The molecule has 0 saturated carbocycles. The van der Waals surface area contributed by atoms with Crippen LogP contribution in [0.3, 0.4) is 0 Å². The monoisotopic (exact) mass is 275 g/mol. The van der Waals surface area contributed by atoms with Crippen LogP contribution in [0.15, 0.2) is 17.5 Å². The van der Waals surface area contributed by atoms with Gasteiger partial charge in [-0.1, -0.05) is 0 Å². The molecule has 0 bridgehead atoms. The molecule has 3 rings (SSSR count). The molecular weight excluding hydrogens is 254 g/mol. The summed E-state index contributed by atoms with van der Waals surface area (Å²) in [6.45, 7) is 6.06. The minimum absolute atomic E-state index is 0.524. The lowest BCUT2D eigenvalue weighted by atomic mass is 9.94. The molecule has 3 nitrogen and oxygen atoms in total. The van der Waals surface area contributed by atoms with E-state index in [1.165, 1.54) is 30.5 Å². The van der Waals surface area contributed by atoms with Crippen molar-refractivity contribution in [2.45, 2.75) is 52.2 Å². The van der Waals surface area contributed by atoms with Gasteiger partial charge in [0, 0.05) is 24.0 Å². The van der Waals surface area contributed by atoms with Crippen LogP contribution in [0.25, 0.3) is 0 Å². The van der Waals surface area contributed by atoms with E-state index in [1.54, 1.807) is 4.88 Å². The molecule has 1 aliphatic rings. The topological polar surface area (TPSA) is 29.9 Å². The predicted molar refractivity (Wildman–Crippen MR) is 79.5 cm³/mol. The third-order valence-electron chi connectivity index (χ3n) is 3.87. The van der Waals surface area contributed by atoms with Gasteiger partial charge in [-0.3, -0.25) is 4.68 Å². The van der Waals surface area contributed by atoms with Crippen LogP contribution in [0.5, 0.6) is 0 Å². The van der Waals surface area contributed by atoms with Gasteiger partial charge in [0.05, 0.1) is 11.4 Å². The van der Waals surface area contributed by atoms with Crippen molar-refractivity contribution in [2.75, 3.05) is 0 Å². The van der Waals surface area contributed by atoms with E-state index < -0.39 is 0 Å². The predicted octanol–water partition coefficient (Wildman–Crippen LogP) is 3.44. The fourth-order valence-electron chi connectivity index (χ4n) is 2.94. The number of hydrogen-bond acceptors (Lipinski definition) is 3. The standard InChI is InChI=1S/C15H21N3S/c1-3-18-12(9-11(2)17-18)10-16-14-5-4-6-15-13(14)7-8-19-15/h7-9,14,16H,3-6,10H2,1-2H3. The van der Waals surface area contributed by atoms with E-state index in [4.69, 9.17) is 0 Å². The SMILES string of the molecule is CCn1nc(C)cc1CNC1CCCc2sccc21. The van der Waals surface area contributed by atoms with Crippen LogP contribution in [-0.4, -0.2) is 9.78 Å². The Bertz CT molecular complexity index is 555. The fraction of sp³-hybridized carbons (Fsp3) is 0.533. The summed E-state index contributed by atoms with van der Waals surface area (Å²) in [5, 5.41) is 10.4. The molecule has 1 aliphatic carbocycles. The molecule has 1 N–H and O–H groups in total. The quantitative estimate of drug-likeness (QED) is 0.926. The van der Waals surface area contributed by atoms with Crippen molar-refractivity contribution in [2.24, 2.45) is 0 Å². The van der Waals surface area contributed by atoms with Gasteiger partial charge in [-0.2, -0.15) is 5.10 Å². The van der Waals surface area contributed by atoms with Crippen molar-refractivity contribution >= 4 is 11.3 Å². The molecule has 19 heavy (non-hydrogen) atoms. The fourth-order valence-corrected chi connectivity index (χ4v) is 3.93. The Kier molecular flexibility index (Phi) is 3.71. The molecule has 102 valence electrons. The summed E-state index contributed by atoms with van der Waals surface area (Å²) in [4.78, 5) is 1.57. The van der Waals surface area contributed by atoms with Crippen molar-refractivity contribution in [3.8, 4) is 0 Å². The van der Waals surface area contributed by atoms with Crippen molar-refractivity contribution in [1.82, 2.24) is 15.1 Å². The van der Waals surface area contributed by atoms with Crippen LogP contribution in [0.1, 0.15) is 47.6 Å². The lowest BCUT2D eigenvalue weighted by molar-refractivity contribution is 0.450. The number of rotatable bonds is 4. The molecule has 0 radical (unpaired) electrons. The van der Waals surface area contributed by atoms with Crippen LogP contribution in [0, 0.1) is 6.92 Å². The maximum atomic E-state index is 4.51. The summed E-state index contributed by atoms with van der Waals surface area (Å²) in [5.74, 6) is 0. The van der Waals surface area contributed by atoms with E-state index >= 15 is 0 Å². The molecule has 0 saturated heterocycles. The van der Waals surface area contributed by atoms with Gasteiger partial charge in [0.15, 0.2) is 0 Å². The number of aromatic nitrogens is 2. The number of hydrogen-bond donors (Lipinski definition) is 1. The smallest absolute Gasteiger partial charge is 0.0597 e. The zero-order chi connectivity index (χ0) is 13.2. The first-order chi connectivity index (χ1) is 9.28. The number of nitrogens with zero attached hydrogens (tertiary/aromatic N) is 2. The van der Waals surface area contributed by atoms with E-state index in [0.29, 0.717) is 6.04 Å². The Labute approximate surface area is 118 Å². The summed E-state index contributed by atoms with van der Waals surface area (Å²) in [6, 6.07) is 5.00. The van der Waals surface area contributed by atoms with Gasteiger partial charge in [0.25, 0.3) is 0 Å². The maximum Gasteiger partial charge on any atom is 0.0597 e. The second-order valence-electron chi connectivity index (χ2n) is 5.22. The van der Waals surface area contributed by atoms with E-state index in [9.17, 15) is 0 Å². The number of thiophene rings is 1. The molecule has 2 aromatic heterocycles. The first-order valence-corrected chi connectivity index (χ1v) is 7.99. The molecule has 2 heterocycles. The van der Waals surface area contributed by atoms with Gasteiger partial charge >= 0.3 is 0 Å². The molecule has 0 aliphatic heterocycles. The van der Waals surface area contributed by atoms with Crippen LogP contribution in [-0.2, 0) is 19.5 Å². The molecule has 0 fully saturated rings. The first-order valence-electron chi connectivity index (χ1n) is 7.11. The zero-order valence-electron chi connectivity index (χ0n) is 11.6. The highest BCUT2D eigenvalue weighted by molar-refractivity contribution is 7.10. The van der Waals surface area contributed by atoms with E-state index in [-0.39, 0.29) is 0 Å². The molecule has 1 atom stereocenters. The number of aryl methyl sites for hydroxylation is 3. The number of nitrogens with one attached hydrogen (secondary N) is 1. The highest BCUT2D eigenvalue weighted by Gasteiger charge is 2.20. The Morgan fingerprint density at radius 2 is 2.42 bits per heavy atom. The Balaban J connectivity index is 1.70. The average molecular weight is 275 g/mol. The highest BCUT2D eigenvalue weighted by atomic mass is 32.1. The lowest BCUT2D eigenvalue weighted by Gasteiger charge is -2.23. The molecule has 4 heteroatoms. The molecular formula is C15H21N3S. The summed E-state index contributed by atoms with van der Waals surface area (Å²) in [6.07, 6.45) is 3.82. The first kappa shape index (κ1) is 12.9. The van der Waals surface area contributed by atoms with Crippen LogP contribution in [0.4, 0.5) is 0 Å². The van der Waals surface area contributed by atoms with E-state index in [0.717, 1.165) is 18.8 Å². The maximum absolute atomic E-state index is 4.51. The van der Waals surface area contributed by atoms with Crippen LogP contribution < -0.4 is 5.32 Å². The van der Waals surface area contributed by atoms with Gasteiger partial charge in [-0.25, -0.2) is 0 Å². The van der Waals surface area contributed by atoms with Gasteiger partial charge < -0.3 is 5.32 Å². The highest BCUT2D eigenvalue weighted by Crippen LogP contribution is 2.33. The molecule has 2 aromatic rings. The normalized spacial score (nSPS) is 18.5. The second kappa shape index (κ2) is 5.47. The zero-order valence-corrected chi connectivity index (χ0v) is 12.5. The Morgan fingerprint density at radius 1 is 1.53 bits per heavy atom. The minimum Gasteiger partial charge on any atom is -0.304 e. The Morgan fingerprint density at radius 3 is 3.26 bits per heavy atom. The molecule has 1 unspecified atom stereocenters. The van der Waals surface area contributed by atoms with E-state index in [1.807, 2.05) is 11.3 Å². The average Bonchev–Trinajstić information content (AvgIpc) is 3.02. The van der Waals surface area contributed by atoms with Gasteiger partial charge in [0.2, 0.25) is 0 Å². The van der Waals surface area contributed by atoms with Crippen LogP contribution in [0.2, 0.25) is 0 Å². The summed E-state index contributed by atoms with van der Waals surface area (Å²) in [7, 11) is 0. The van der Waals surface area contributed by atoms with E-state index in [2.05, 4.69) is 46.5 Å². The number of fused-ring (bicyclic) bond motifs is 1. The molecule has 0 amide bonds. The largest absolute Gasteiger partial charge is 0.304 e. The van der Waals surface area contributed by atoms with Gasteiger partial charge in [-0.05, 0) is 56.2 Å². The second-order valence-corrected chi connectivity index (χ2v) is 6.22. The van der Waals surface area contributed by atoms with Crippen molar-refractivity contribution < 1.29 is 0 Å². The third kappa shape index (κ3) is 2.60. The summed E-state index contributed by atoms with van der Waals surface area (Å²) >= 11 is 1.91. The van der Waals surface area contributed by atoms with Gasteiger partial charge in [0.1, 0.15) is 0 Å². The van der Waals surface area contributed by atoms with Crippen molar-refractivity contribution in [3.05, 3.63) is 39.3 Å². The molecule has 0 aromatic carbocycles. The molecule has 0 spiro atoms.